The molecule has 1 spiro atoms. The van der Waals surface area contributed by atoms with Gasteiger partial charge in [-0.15, -0.1) is 11.3 Å². The number of hydrogen-bond donors (Lipinski definition) is 1. The summed E-state index contributed by atoms with van der Waals surface area (Å²) in [5, 5.41) is 3.51. The average Bonchev–Trinajstić information content (AvgIpc) is 3.00. The van der Waals surface area contributed by atoms with Crippen molar-refractivity contribution in [1.29, 1.82) is 0 Å². The van der Waals surface area contributed by atoms with Crippen molar-refractivity contribution >= 4 is 11.3 Å². The van der Waals surface area contributed by atoms with E-state index in [-0.39, 0.29) is 5.82 Å². The van der Waals surface area contributed by atoms with Crippen LogP contribution in [0.3, 0.4) is 0 Å². The summed E-state index contributed by atoms with van der Waals surface area (Å²) in [4.78, 5) is 2.84. The summed E-state index contributed by atoms with van der Waals surface area (Å²) >= 11 is 1.90. The molecule has 92 valence electrons. The first kappa shape index (κ1) is 10.7. The molecule has 1 aliphatic heterocycles. The molecule has 1 aromatic heterocycles. The molecular formula is C15H14FNS. The highest BCUT2D eigenvalue weighted by molar-refractivity contribution is 7.15. The number of nitrogens with one attached hydrogen (secondary N) is 1. The quantitative estimate of drug-likeness (QED) is 0.823. The Labute approximate surface area is 110 Å². The lowest BCUT2D eigenvalue weighted by Gasteiger charge is -2.22. The fourth-order valence-electron chi connectivity index (χ4n) is 2.84. The summed E-state index contributed by atoms with van der Waals surface area (Å²) in [6.45, 7) is 2.11. The molecule has 2 heterocycles. The Bertz CT molecular complexity index is 595. The van der Waals surface area contributed by atoms with Crippen molar-refractivity contribution in [1.82, 2.24) is 5.32 Å². The molecule has 3 heteroatoms. The molecule has 4 rings (SSSR count). The summed E-state index contributed by atoms with van der Waals surface area (Å²) in [5.74, 6) is -0.166. The van der Waals surface area contributed by atoms with Crippen LogP contribution in [0.25, 0.3) is 10.4 Å². The smallest absolute Gasteiger partial charge is 0.123 e. The van der Waals surface area contributed by atoms with Gasteiger partial charge in [-0.25, -0.2) is 4.39 Å². The third-order valence-electron chi connectivity index (χ3n) is 4.05. The number of fused-ring (bicyclic) bond motifs is 2. The minimum Gasteiger partial charge on any atom is -0.312 e. The van der Waals surface area contributed by atoms with Crippen LogP contribution in [-0.2, 0) is 12.0 Å². The highest BCUT2D eigenvalue weighted by atomic mass is 32.1. The van der Waals surface area contributed by atoms with E-state index in [0.717, 1.165) is 18.7 Å². The Morgan fingerprint density at radius 2 is 1.94 bits per heavy atom. The van der Waals surface area contributed by atoms with Crippen LogP contribution in [0.5, 0.6) is 0 Å². The number of halogens is 1. The fourth-order valence-corrected chi connectivity index (χ4v) is 4.27. The highest BCUT2D eigenvalue weighted by Gasteiger charge is 2.48. The lowest BCUT2D eigenvalue weighted by atomic mass is 9.97. The van der Waals surface area contributed by atoms with Gasteiger partial charge in [0.15, 0.2) is 0 Å². The number of rotatable bonds is 1. The summed E-state index contributed by atoms with van der Waals surface area (Å²) in [5.41, 5.74) is 3.02. The largest absolute Gasteiger partial charge is 0.312 e. The zero-order valence-electron chi connectivity index (χ0n) is 10.0. The van der Waals surface area contributed by atoms with E-state index >= 15 is 0 Å². The van der Waals surface area contributed by atoms with Crippen LogP contribution >= 0.6 is 11.3 Å². The Balaban J connectivity index is 1.79. The minimum atomic E-state index is -0.166. The fraction of sp³-hybridized carbons (Fsp3) is 0.333. The van der Waals surface area contributed by atoms with Crippen LogP contribution in [0, 0.1) is 5.82 Å². The van der Waals surface area contributed by atoms with Gasteiger partial charge in [-0.05, 0) is 42.2 Å². The Morgan fingerprint density at radius 1 is 1.17 bits per heavy atom. The van der Waals surface area contributed by atoms with E-state index in [1.165, 1.54) is 23.3 Å². The van der Waals surface area contributed by atoms with Crippen LogP contribution in [0.2, 0.25) is 0 Å². The molecule has 1 saturated carbocycles. The standard InChI is InChI=1S/C15H14FNS/c16-12-3-1-10(2-4-12)13-7-11-8-17-9-15(5-6-15)14(11)18-13/h1-4,7,17H,5-6,8-9H2. The second-order valence-corrected chi connectivity index (χ2v) is 6.41. The normalized spacial score (nSPS) is 19.8. The molecule has 0 radical (unpaired) electrons. The SMILES string of the molecule is Fc1ccc(-c2cc3c(s2)C2(CC2)CNC3)cc1. The molecule has 0 unspecified atom stereocenters. The van der Waals surface area contributed by atoms with Crippen molar-refractivity contribution in [3.05, 3.63) is 46.6 Å². The molecule has 1 fully saturated rings. The van der Waals surface area contributed by atoms with E-state index in [0.29, 0.717) is 5.41 Å². The van der Waals surface area contributed by atoms with Crippen LogP contribution in [0.1, 0.15) is 23.3 Å². The topological polar surface area (TPSA) is 12.0 Å². The molecule has 1 aliphatic carbocycles. The van der Waals surface area contributed by atoms with E-state index in [9.17, 15) is 4.39 Å². The first-order valence-electron chi connectivity index (χ1n) is 6.37. The van der Waals surface area contributed by atoms with Gasteiger partial charge in [-0.3, -0.25) is 0 Å². The van der Waals surface area contributed by atoms with Gasteiger partial charge in [0.2, 0.25) is 0 Å². The van der Waals surface area contributed by atoms with Crippen molar-refractivity contribution < 1.29 is 4.39 Å². The summed E-state index contributed by atoms with van der Waals surface area (Å²) < 4.78 is 13.0. The minimum absolute atomic E-state index is 0.166. The van der Waals surface area contributed by atoms with Crippen LogP contribution in [-0.4, -0.2) is 6.54 Å². The van der Waals surface area contributed by atoms with Gasteiger partial charge in [-0.1, -0.05) is 12.1 Å². The van der Waals surface area contributed by atoms with Gasteiger partial charge in [0.1, 0.15) is 5.82 Å². The zero-order chi connectivity index (χ0) is 12.2. The monoisotopic (exact) mass is 259 g/mol. The van der Waals surface area contributed by atoms with Gasteiger partial charge >= 0.3 is 0 Å². The van der Waals surface area contributed by atoms with Gasteiger partial charge in [0, 0.05) is 28.3 Å². The lowest BCUT2D eigenvalue weighted by molar-refractivity contribution is 0.541. The predicted octanol–water partition coefficient (Wildman–Crippen LogP) is 3.69. The van der Waals surface area contributed by atoms with E-state index in [1.54, 1.807) is 17.0 Å². The van der Waals surface area contributed by atoms with E-state index in [2.05, 4.69) is 11.4 Å². The zero-order valence-corrected chi connectivity index (χ0v) is 10.8. The molecule has 1 N–H and O–H groups in total. The molecular weight excluding hydrogens is 245 g/mol. The predicted molar refractivity (Wildman–Crippen MR) is 72.3 cm³/mol. The van der Waals surface area contributed by atoms with Gasteiger partial charge < -0.3 is 5.32 Å². The van der Waals surface area contributed by atoms with E-state index in [1.807, 2.05) is 23.5 Å². The van der Waals surface area contributed by atoms with Crippen LogP contribution in [0.4, 0.5) is 4.39 Å². The molecule has 1 nitrogen and oxygen atoms in total. The number of thiophene rings is 1. The maximum Gasteiger partial charge on any atom is 0.123 e. The number of benzene rings is 1. The second kappa shape index (κ2) is 3.65. The summed E-state index contributed by atoms with van der Waals surface area (Å²) in [6, 6.07) is 9.11. The summed E-state index contributed by atoms with van der Waals surface area (Å²) in [6.07, 6.45) is 2.63. The second-order valence-electron chi connectivity index (χ2n) is 5.36. The maximum atomic E-state index is 13.0. The van der Waals surface area contributed by atoms with Crippen molar-refractivity contribution in [3.8, 4) is 10.4 Å². The molecule has 0 saturated heterocycles. The molecule has 2 aromatic rings. The highest BCUT2D eigenvalue weighted by Crippen LogP contribution is 2.54. The van der Waals surface area contributed by atoms with Gasteiger partial charge in [-0.2, -0.15) is 0 Å². The molecule has 0 amide bonds. The average molecular weight is 259 g/mol. The molecule has 0 bridgehead atoms. The Morgan fingerprint density at radius 3 is 2.67 bits per heavy atom. The third-order valence-corrected chi connectivity index (χ3v) is 5.52. The van der Waals surface area contributed by atoms with E-state index < -0.39 is 0 Å². The first-order valence-corrected chi connectivity index (χ1v) is 7.18. The third kappa shape index (κ3) is 1.54. The van der Waals surface area contributed by atoms with Crippen molar-refractivity contribution in [2.45, 2.75) is 24.8 Å². The Hall–Kier alpha value is -1.19. The van der Waals surface area contributed by atoms with Gasteiger partial charge in [0.25, 0.3) is 0 Å². The molecule has 1 aromatic carbocycles. The van der Waals surface area contributed by atoms with Crippen molar-refractivity contribution in [2.75, 3.05) is 6.54 Å². The van der Waals surface area contributed by atoms with Crippen LogP contribution < -0.4 is 5.32 Å². The van der Waals surface area contributed by atoms with Crippen LogP contribution in [0.15, 0.2) is 30.3 Å². The van der Waals surface area contributed by atoms with Crippen molar-refractivity contribution in [3.63, 3.8) is 0 Å². The number of hydrogen-bond acceptors (Lipinski definition) is 2. The summed E-state index contributed by atoms with van der Waals surface area (Å²) in [7, 11) is 0. The van der Waals surface area contributed by atoms with E-state index in [4.69, 9.17) is 0 Å². The van der Waals surface area contributed by atoms with Crippen molar-refractivity contribution in [2.24, 2.45) is 0 Å². The maximum absolute atomic E-state index is 13.0. The molecule has 2 aliphatic rings. The van der Waals surface area contributed by atoms with Gasteiger partial charge in [0.05, 0.1) is 0 Å². The lowest BCUT2D eigenvalue weighted by Crippen LogP contribution is -2.31. The first-order chi connectivity index (χ1) is 8.77. The Kier molecular flexibility index (Phi) is 2.17. The molecule has 0 atom stereocenters. The molecule has 18 heavy (non-hydrogen) atoms.